The molecule has 0 unspecified atom stereocenters. The number of piperidine rings is 1. The number of carbonyl (C=O) groups excluding carboxylic acids is 1. The first-order chi connectivity index (χ1) is 13.7. The first-order valence-electron chi connectivity index (χ1n) is 9.40. The minimum absolute atomic E-state index is 0.0229. The first-order valence-corrected chi connectivity index (χ1v) is 9.40. The summed E-state index contributed by atoms with van der Waals surface area (Å²) < 4.78 is 5.31. The molecule has 28 heavy (non-hydrogen) atoms. The van der Waals surface area contributed by atoms with Gasteiger partial charge in [-0.1, -0.05) is 12.1 Å². The lowest BCUT2D eigenvalue weighted by atomic mass is 9.94. The standard InChI is InChI=1S/C22H22N4O2/c1-28-19-8-2-5-16(11-19)20-13-24-14-21(25-20)18-7-4-10-26(15-18)22(27)17-6-3-9-23-12-17/h2-3,5-6,8-9,11-14,18H,4,7,10,15H2,1H3/t18-/m1/s1. The molecule has 0 aliphatic carbocycles. The second-order valence-electron chi connectivity index (χ2n) is 6.89. The Balaban J connectivity index is 1.55. The molecule has 0 spiro atoms. The number of benzene rings is 1. The number of carbonyl (C=O) groups is 1. The van der Waals surface area contributed by atoms with Gasteiger partial charge in [0.1, 0.15) is 5.75 Å². The topological polar surface area (TPSA) is 68.2 Å². The van der Waals surface area contributed by atoms with Gasteiger partial charge in [-0.05, 0) is 37.1 Å². The fraction of sp³-hybridized carbons (Fsp3) is 0.273. The Morgan fingerprint density at radius 3 is 2.89 bits per heavy atom. The van der Waals surface area contributed by atoms with E-state index in [0.29, 0.717) is 12.1 Å². The molecule has 1 saturated heterocycles. The number of hydrogen-bond donors (Lipinski definition) is 0. The zero-order valence-corrected chi connectivity index (χ0v) is 15.8. The van der Waals surface area contributed by atoms with E-state index in [1.54, 1.807) is 31.8 Å². The summed E-state index contributed by atoms with van der Waals surface area (Å²) in [5.74, 6) is 0.984. The quantitative estimate of drug-likeness (QED) is 0.698. The Labute approximate surface area is 164 Å². The van der Waals surface area contributed by atoms with Gasteiger partial charge in [-0.2, -0.15) is 0 Å². The second-order valence-corrected chi connectivity index (χ2v) is 6.89. The van der Waals surface area contributed by atoms with Crippen molar-refractivity contribution < 1.29 is 9.53 Å². The zero-order chi connectivity index (χ0) is 19.3. The summed E-state index contributed by atoms with van der Waals surface area (Å²) in [5.41, 5.74) is 3.32. The highest BCUT2D eigenvalue weighted by atomic mass is 16.5. The molecule has 1 aromatic carbocycles. The third kappa shape index (κ3) is 3.86. The molecule has 142 valence electrons. The molecule has 1 aliphatic rings. The summed E-state index contributed by atoms with van der Waals surface area (Å²) in [6.45, 7) is 1.40. The average molecular weight is 374 g/mol. The van der Waals surface area contributed by atoms with Crippen molar-refractivity contribution in [2.45, 2.75) is 18.8 Å². The monoisotopic (exact) mass is 374 g/mol. The van der Waals surface area contributed by atoms with Gasteiger partial charge >= 0.3 is 0 Å². The Kier molecular flexibility index (Phi) is 5.28. The number of pyridine rings is 1. The first kappa shape index (κ1) is 18.1. The lowest BCUT2D eigenvalue weighted by Gasteiger charge is -2.32. The molecule has 3 heterocycles. The number of nitrogens with zero attached hydrogens (tertiary/aromatic N) is 4. The molecular weight excluding hydrogens is 352 g/mol. The molecule has 3 aromatic rings. The molecule has 1 aliphatic heterocycles. The molecule has 6 nitrogen and oxygen atoms in total. The number of ether oxygens (including phenoxy) is 1. The number of methoxy groups -OCH3 is 1. The highest BCUT2D eigenvalue weighted by molar-refractivity contribution is 5.94. The van der Waals surface area contributed by atoms with Crippen LogP contribution in [-0.2, 0) is 0 Å². The van der Waals surface area contributed by atoms with Gasteiger partial charge < -0.3 is 9.64 Å². The Morgan fingerprint density at radius 1 is 1.14 bits per heavy atom. The summed E-state index contributed by atoms with van der Waals surface area (Å²) in [5, 5.41) is 0. The number of hydrogen-bond acceptors (Lipinski definition) is 5. The molecule has 6 heteroatoms. The van der Waals surface area contributed by atoms with Crippen molar-refractivity contribution in [2.75, 3.05) is 20.2 Å². The maximum Gasteiger partial charge on any atom is 0.255 e. The minimum Gasteiger partial charge on any atom is -0.497 e. The van der Waals surface area contributed by atoms with Gasteiger partial charge in [-0.3, -0.25) is 14.8 Å². The van der Waals surface area contributed by atoms with Crippen LogP contribution in [0.3, 0.4) is 0 Å². The van der Waals surface area contributed by atoms with Gasteiger partial charge in [0.25, 0.3) is 5.91 Å². The van der Waals surface area contributed by atoms with Crippen molar-refractivity contribution >= 4 is 5.91 Å². The van der Waals surface area contributed by atoms with Crippen LogP contribution in [0.1, 0.15) is 34.8 Å². The predicted molar refractivity (Wildman–Crippen MR) is 106 cm³/mol. The van der Waals surface area contributed by atoms with Gasteiger partial charge in [-0.25, -0.2) is 4.98 Å². The van der Waals surface area contributed by atoms with Crippen LogP contribution in [-0.4, -0.2) is 46.0 Å². The summed E-state index contributed by atoms with van der Waals surface area (Å²) in [7, 11) is 1.65. The normalized spacial score (nSPS) is 16.6. The van der Waals surface area contributed by atoms with Crippen LogP contribution in [0.15, 0.2) is 61.2 Å². The number of rotatable bonds is 4. The number of aromatic nitrogens is 3. The SMILES string of the molecule is COc1cccc(-c2cncc([C@@H]3CCCN(C(=O)c4cccnc4)C3)n2)c1. The van der Waals surface area contributed by atoms with Crippen molar-refractivity contribution in [2.24, 2.45) is 0 Å². The summed E-state index contributed by atoms with van der Waals surface area (Å²) in [6, 6.07) is 11.4. The van der Waals surface area contributed by atoms with E-state index in [0.717, 1.165) is 42.1 Å². The molecule has 0 saturated carbocycles. The van der Waals surface area contributed by atoms with Gasteiger partial charge in [-0.15, -0.1) is 0 Å². The zero-order valence-electron chi connectivity index (χ0n) is 15.8. The van der Waals surface area contributed by atoms with Crippen LogP contribution in [0.5, 0.6) is 5.75 Å². The van der Waals surface area contributed by atoms with Gasteiger partial charge in [0.15, 0.2) is 0 Å². The fourth-order valence-corrected chi connectivity index (χ4v) is 3.57. The molecule has 1 amide bonds. The number of likely N-dealkylation sites (tertiary alicyclic amines) is 1. The largest absolute Gasteiger partial charge is 0.497 e. The predicted octanol–water partition coefficient (Wildman–Crippen LogP) is 3.57. The molecule has 0 bridgehead atoms. The van der Waals surface area contributed by atoms with Gasteiger partial charge in [0.05, 0.1) is 30.3 Å². The molecule has 2 aromatic heterocycles. The smallest absolute Gasteiger partial charge is 0.255 e. The van der Waals surface area contributed by atoms with Crippen molar-refractivity contribution in [1.29, 1.82) is 0 Å². The third-order valence-electron chi connectivity index (χ3n) is 5.05. The summed E-state index contributed by atoms with van der Waals surface area (Å²) >= 11 is 0. The molecular formula is C22H22N4O2. The van der Waals surface area contributed by atoms with Crippen molar-refractivity contribution in [3.05, 3.63) is 72.4 Å². The maximum absolute atomic E-state index is 12.8. The fourth-order valence-electron chi connectivity index (χ4n) is 3.57. The van der Waals surface area contributed by atoms with E-state index in [2.05, 4.69) is 9.97 Å². The molecule has 0 radical (unpaired) electrons. The molecule has 0 N–H and O–H groups in total. The molecule has 1 atom stereocenters. The second kappa shape index (κ2) is 8.17. The Hall–Kier alpha value is -3.28. The molecule has 1 fully saturated rings. The minimum atomic E-state index is 0.0229. The Bertz CT molecular complexity index is 962. The van der Waals surface area contributed by atoms with Crippen LogP contribution in [0.4, 0.5) is 0 Å². The number of amides is 1. The lowest BCUT2D eigenvalue weighted by Crippen LogP contribution is -2.39. The highest BCUT2D eigenvalue weighted by Gasteiger charge is 2.26. The third-order valence-corrected chi connectivity index (χ3v) is 5.05. The van der Waals surface area contributed by atoms with E-state index in [-0.39, 0.29) is 11.8 Å². The summed E-state index contributed by atoms with van der Waals surface area (Å²) in [6.07, 6.45) is 8.81. The van der Waals surface area contributed by atoms with E-state index in [1.807, 2.05) is 41.4 Å². The highest BCUT2D eigenvalue weighted by Crippen LogP contribution is 2.28. The maximum atomic E-state index is 12.8. The van der Waals surface area contributed by atoms with Crippen molar-refractivity contribution in [1.82, 2.24) is 19.9 Å². The Morgan fingerprint density at radius 2 is 2.07 bits per heavy atom. The average Bonchev–Trinajstić information content (AvgIpc) is 2.79. The van der Waals surface area contributed by atoms with Crippen molar-refractivity contribution in [3.8, 4) is 17.0 Å². The van der Waals surface area contributed by atoms with Crippen LogP contribution in [0, 0.1) is 0 Å². The van der Waals surface area contributed by atoms with E-state index in [9.17, 15) is 4.79 Å². The van der Waals surface area contributed by atoms with Crippen LogP contribution >= 0.6 is 0 Å². The van der Waals surface area contributed by atoms with E-state index in [4.69, 9.17) is 9.72 Å². The van der Waals surface area contributed by atoms with Gasteiger partial charge in [0, 0.05) is 43.2 Å². The van der Waals surface area contributed by atoms with E-state index >= 15 is 0 Å². The summed E-state index contributed by atoms with van der Waals surface area (Å²) in [4.78, 5) is 28.0. The lowest BCUT2D eigenvalue weighted by molar-refractivity contribution is 0.0705. The van der Waals surface area contributed by atoms with Gasteiger partial charge in [0.2, 0.25) is 0 Å². The molecule has 4 rings (SSSR count). The van der Waals surface area contributed by atoms with Crippen molar-refractivity contribution in [3.63, 3.8) is 0 Å². The van der Waals surface area contributed by atoms with Crippen LogP contribution in [0.25, 0.3) is 11.3 Å². The van der Waals surface area contributed by atoms with E-state index in [1.165, 1.54) is 0 Å². The van der Waals surface area contributed by atoms with Crippen LogP contribution < -0.4 is 4.74 Å². The van der Waals surface area contributed by atoms with Crippen LogP contribution in [0.2, 0.25) is 0 Å². The van der Waals surface area contributed by atoms with E-state index < -0.39 is 0 Å².